The zero-order chi connectivity index (χ0) is 18.2. The number of rotatable bonds is 7. The average molecular weight is 483 g/mol. The molecular formula is C19H30IN7. The Morgan fingerprint density at radius 1 is 1.19 bits per heavy atom. The van der Waals surface area contributed by atoms with Crippen molar-refractivity contribution in [2.24, 2.45) is 4.99 Å². The zero-order valence-electron chi connectivity index (χ0n) is 16.1. The van der Waals surface area contributed by atoms with Gasteiger partial charge in [0.2, 0.25) is 0 Å². The van der Waals surface area contributed by atoms with Crippen LogP contribution in [0, 0.1) is 0 Å². The molecule has 0 radical (unpaired) electrons. The van der Waals surface area contributed by atoms with Crippen molar-refractivity contribution < 1.29 is 0 Å². The van der Waals surface area contributed by atoms with Gasteiger partial charge in [-0.3, -0.25) is 9.89 Å². The topological polar surface area (TPSA) is 70.4 Å². The van der Waals surface area contributed by atoms with Gasteiger partial charge >= 0.3 is 0 Å². The Morgan fingerprint density at radius 2 is 1.93 bits per heavy atom. The summed E-state index contributed by atoms with van der Waals surface area (Å²) in [6.07, 6.45) is 4.32. The summed E-state index contributed by atoms with van der Waals surface area (Å²) in [4.78, 5) is 6.91. The third-order valence-electron chi connectivity index (χ3n) is 4.90. The minimum absolute atomic E-state index is 0. The molecule has 2 N–H and O–H groups in total. The summed E-state index contributed by atoms with van der Waals surface area (Å²) >= 11 is 0. The van der Waals surface area contributed by atoms with E-state index in [-0.39, 0.29) is 24.0 Å². The second kappa shape index (κ2) is 11.2. The molecule has 1 atom stereocenters. The van der Waals surface area contributed by atoms with E-state index in [2.05, 4.69) is 68.0 Å². The highest BCUT2D eigenvalue weighted by molar-refractivity contribution is 14.0. The van der Waals surface area contributed by atoms with Crippen molar-refractivity contribution in [3.05, 3.63) is 48.0 Å². The van der Waals surface area contributed by atoms with Crippen molar-refractivity contribution in [2.75, 3.05) is 26.7 Å². The summed E-state index contributed by atoms with van der Waals surface area (Å²) in [5, 5.41) is 15.0. The molecule has 0 amide bonds. The van der Waals surface area contributed by atoms with Gasteiger partial charge in [0, 0.05) is 20.1 Å². The van der Waals surface area contributed by atoms with Crippen LogP contribution in [-0.2, 0) is 13.1 Å². The minimum Gasteiger partial charge on any atom is -0.354 e. The lowest BCUT2D eigenvalue weighted by Gasteiger charge is -2.28. The number of aromatic nitrogens is 3. The Kier molecular flexibility index (Phi) is 8.99. The highest BCUT2D eigenvalue weighted by Gasteiger charge is 2.23. The Hall–Kier alpha value is -1.68. The number of halogens is 1. The van der Waals surface area contributed by atoms with Gasteiger partial charge in [-0.25, -0.2) is 0 Å². The van der Waals surface area contributed by atoms with E-state index >= 15 is 0 Å². The molecule has 2 aromatic rings. The predicted octanol–water partition coefficient (Wildman–Crippen LogP) is 2.42. The maximum Gasteiger partial charge on any atom is 0.191 e. The SMILES string of the molecule is CCn1cnnc1CNC(=NC)NCC(c1ccccc1)N1CCCC1.I. The van der Waals surface area contributed by atoms with Crippen LogP contribution >= 0.6 is 24.0 Å². The van der Waals surface area contributed by atoms with Crippen LogP contribution in [0.5, 0.6) is 0 Å². The van der Waals surface area contributed by atoms with Crippen molar-refractivity contribution in [1.82, 2.24) is 30.3 Å². The van der Waals surface area contributed by atoms with Gasteiger partial charge in [0.25, 0.3) is 0 Å². The van der Waals surface area contributed by atoms with Gasteiger partial charge < -0.3 is 15.2 Å². The molecule has 1 saturated heterocycles. The summed E-state index contributed by atoms with van der Waals surface area (Å²) in [5.41, 5.74) is 1.35. The molecule has 0 bridgehead atoms. The van der Waals surface area contributed by atoms with Crippen molar-refractivity contribution in [3.8, 4) is 0 Å². The Morgan fingerprint density at radius 3 is 2.59 bits per heavy atom. The molecule has 0 saturated carbocycles. The van der Waals surface area contributed by atoms with Crippen molar-refractivity contribution in [3.63, 3.8) is 0 Å². The summed E-state index contributed by atoms with van der Waals surface area (Å²) in [5.74, 6) is 1.70. The van der Waals surface area contributed by atoms with Gasteiger partial charge in [0.15, 0.2) is 11.8 Å². The first kappa shape index (κ1) is 21.6. The fraction of sp³-hybridized carbons (Fsp3) is 0.526. The fourth-order valence-corrected chi connectivity index (χ4v) is 3.44. The highest BCUT2D eigenvalue weighted by atomic mass is 127. The summed E-state index contributed by atoms with van der Waals surface area (Å²) in [6, 6.07) is 11.1. The van der Waals surface area contributed by atoms with E-state index in [1.807, 2.05) is 4.57 Å². The third-order valence-corrected chi connectivity index (χ3v) is 4.90. The first-order chi connectivity index (χ1) is 12.8. The largest absolute Gasteiger partial charge is 0.354 e. The lowest BCUT2D eigenvalue weighted by molar-refractivity contribution is 0.245. The molecule has 1 unspecified atom stereocenters. The van der Waals surface area contributed by atoms with E-state index in [1.54, 1.807) is 13.4 Å². The van der Waals surface area contributed by atoms with Crippen LogP contribution in [0.4, 0.5) is 0 Å². The van der Waals surface area contributed by atoms with Gasteiger partial charge in [-0.2, -0.15) is 0 Å². The molecule has 148 valence electrons. The van der Waals surface area contributed by atoms with Crippen molar-refractivity contribution in [2.45, 2.75) is 38.9 Å². The van der Waals surface area contributed by atoms with Crippen molar-refractivity contribution >= 4 is 29.9 Å². The minimum atomic E-state index is 0. The lowest BCUT2D eigenvalue weighted by Crippen LogP contribution is -2.42. The van der Waals surface area contributed by atoms with Gasteiger partial charge in [-0.15, -0.1) is 34.2 Å². The molecule has 2 heterocycles. The quantitative estimate of drug-likeness (QED) is 0.360. The van der Waals surface area contributed by atoms with Gasteiger partial charge in [-0.05, 0) is 38.4 Å². The van der Waals surface area contributed by atoms with E-state index in [4.69, 9.17) is 0 Å². The number of benzene rings is 1. The molecule has 0 aliphatic carbocycles. The number of nitrogens with zero attached hydrogens (tertiary/aromatic N) is 5. The van der Waals surface area contributed by atoms with Crippen LogP contribution in [0.3, 0.4) is 0 Å². The number of hydrogen-bond donors (Lipinski definition) is 2. The molecule has 0 spiro atoms. The molecule has 1 aromatic carbocycles. The summed E-state index contributed by atoms with van der Waals surface area (Å²) < 4.78 is 2.03. The Balaban J connectivity index is 0.00000261. The Bertz CT molecular complexity index is 695. The first-order valence-corrected chi connectivity index (χ1v) is 9.42. The van der Waals surface area contributed by atoms with Gasteiger partial charge in [0.1, 0.15) is 6.33 Å². The first-order valence-electron chi connectivity index (χ1n) is 9.42. The lowest BCUT2D eigenvalue weighted by atomic mass is 10.1. The molecule has 27 heavy (non-hydrogen) atoms. The zero-order valence-corrected chi connectivity index (χ0v) is 18.5. The maximum absolute atomic E-state index is 4.35. The normalized spacial score (nSPS) is 16.0. The van der Waals surface area contributed by atoms with Crippen LogP contribution in [0.1, 0.15) is 37.2 Å². The molecule has 1 fully saturated rings. The maximum atomic E-state index is 4.35. The van der Waals surface area contributed by atoms with E-state index in [1.165, 1.54) is 18.4 Å². The van der Waals surface area contributed by atoms with Crippen LogP contribution in [-0.4, -0.2) is 52.3 Å². The van der Waals surface area contributed by atoms with Crippen LogP contribution in [0.15, 0.2) is 41.7 Å². The summed E-state index contributed by atoms with van der Waals surface area (Å²) in [7, 11) is 1.80. The van der Waals surface area contributed by atoms with E-state index in [0.717, 1.165) is 38.0 Å². The van der Waals surface area contributed by atoms with Crippen LogP contribution in [0.2, 0.25) is 0 Å². The van der Waals surface area contributed by atoms with Gasteiger partial charge in [-0.1, -0.05) is 30.3 Å². The second-order valence-electron chi connectivity index (χ2n) is 6.51. The standard InChI is InChI=1S/C19H29N7.HI/c1-3-25-15-23-24-18(25)14-22-19(20-2)21-13-17(26-11-7-8-12-26)16-9-5-4-6-10-16;/h4-6,9-10,15,17H,3,7-8,11-14H2,1-2H3,(H2,20,21,22);1H. The number of aryl methyl sites for hydroxylation is 1. The van der Waals surface area contributed by atoms with E-state index in [0.29, 0.717) is 12.6 Å². The number of nitrogens with one attached hydrogen (secondary N) is 2. The number of aliphatic imine (C=N–C) groups is 1. The fourth-order valence-electron chi connectivity index (χ4n) is 3.44. The smallest absolute Gasteiger partial charge is 0.191 e. The molecule has 1 aliphatic rings. The van der Waals surface area contributed by atoms with Crippen molar-refractivity contribution in [1.29, 1.82) is 0 Å². The summed E-state index contributed by atoms with van der Waals surface area (Å²) in [6.45, 7) is 6.69. The monoisotopic (exact) mass is 483 g/mol. The van der Waals surface area contributed by atoms with Crippen LogP contribution in [0.25, 0.3) is 0 Å². The number of guanidine groups is 1. The van der Waals surface area contributed by atoms with Gasteiger partial charge in [0.05, 0.1) is 12.6 Å². The molecular weight excluding hydrogens is 453 g/mol. The number of hydrogen-bond acceptors (Lipinski definition) is 4. The molecule has 3 rings (SSSR count). The van der Waals surface area contributed by atoms with Crippen LogP contribution < -0.4 is 10.6 Å². The highest BCUT2D eigenvalue weighted by Crippen LogP contribution is 2.24. The third kappa shape index (κ3) is 5.90. The molecule has 7 nitrogen and oxygen atoms in total. The molecule has 1 aromatic heterocycles. The van der Waals surface area contributed by atoms with E-state index in [9.17, 15) is 0 Å². The average Bonchev–Trinajstić information content (AvgIpc) is 3.37. The Labute approximate surface area is 178 Å². The second-order valence-corrected chi connectivity index (χ2v) is 6.51. The molecule has 1 aliphatic heterocycles. The predicted molar refractivity (Wildman–Crippen MR) is 119 cm³/mol. The number of likely N-dealkylation sites (tertiary alicyclic amines) is 1. The van der Waals surface area contributed by atoms with E-state index < -0.39 is 0 Å². The molecule has 8 heteroatoms.